The van der Waals surface area contributed by atoms with E-state index in [-0.39, 0.29) is 23.7 Å². The Bertz CT molecular complexity index is 760. The molecule has 1 aromatic carbocycles. The fourth-order valence-electron chi connectivity index (χ4n) is 5.95. The number of rotatable bonds is 5. The molecule has 142 valence electrons. The normalized spacial score (nSPS) is 30.6. The molecule has 4 saturated carbocycles. The minimum atomic E-state index is -0.162. The SMILES string of the molecule is CN(C(=O)CCNC(=O)C12CC3CC(CC(C3)C1)C2)c1cccc(C#N)c1. The third-order valence-electron chi connectivity index (χ3n) is 6.88. The van der Waals surface area contributed by atoms with Crippen molar-refractivity contribution in [2.24, 2.45) is 23.2 Å². The highest BCUT2D eigenvalue weighted by atomic mass is 16.2. The first-order valence-electron chi connectivity index (χ1n) is 10.0. The average molecular weight is 365 g/mol. The van der Waals surface area contributed by atoms with E-state index in [0.717, 1.165) is 37.0 Å². The third-order valence-corrected chi connectivity index (χ3v) is 6.88. The van der Waals surface area contributed by atoms with Gasteiger partial charge in [-0.2, -0.15) is 5.26 Å². The Balaban J connectivity index is 1.31. The van der Waals surface area contributed by atoms with Crippen LogP contribution in [0.3, 0.4) is 0 Å². The highest BCUT2D eigenvalue weighted by Crippen LogP contribution is 2.60. The predicted octanol–water partition coefficient (Wildman–Crippen LogP) is 3.24. The summed E-state index contributed by atoms with van der Waals surface area (Å²) < 4.78 is 0. The maximum absolute atomic E-state index is 12.9. The fraction of sp³-hybridized carbons (Fsp3) is 0.591. The van der Waals surface area contributed by atoms with Crippen molar-refractivity contribution in [1.82, 2.24) is 5.32 Å². The Morgan fingerprint density at radius 2 is 1.81 bits per heavy atom. The number of amides is 2. The highest BCUT2D eigenvalue weighted by molar-refractivity contribution is 5.93. The summed E-state index contributed by atoms with van der Waals surface area (Å²) in [5, 5.41) is 12.1. The molecule has 0 unspecified atom stereocenters. The third kappa shape index (κ3) is 3.45. The molecule has 4 fully saturated rings. The second kappa shape index (κ2) is 6.99. The van der Waals surface area contributed by atoms with Crippen molar-refractivity contribution in [3.05, 3.63) is 29.8 Å². The van der Waals surface area contributed by atoms with Crippen LogP contribution in [0.1, 0.15) is 50.5 Å². The maximum Gasteiger partial charge on any atom is 0.228 e. The summed E-state index contributed by atoms with van der Waals surface area (Å²) in [6.45, 7) is 0.377. The summed E-state index contributed by atoms with van der Waals surface area (Å²) >= 11 is 0. The number of hydrogen-bond acceptors (Lipinski definition) is 3. The van der Waals surface area contributed by atoms with Gasteiger partial charge < -0.3 is 10.2 Å². The largest absolute Gasteiger partial charge is 0.355 e. The molecule has 0 heterocycles. The Kier molecular flexibility index (Phi) is 4.67. The van der Waals surface area contributed by atoms with E-state index < -0.39 is 0 Å². The monoisotopic (exact) mass is 365 g/mol. The summed E-state index contributed by atoms with van der Waals surface area (Å²) in [4.78, 5) is 26.9. The lowest BCUT2D eigenvalue weighted by Crippen LogP contribution is -2.53. The molecule has 4 aliphatic carbocycles. The van der Waals surface area contributed by atoms with E-state index in [0.29, 0.717) is 17.8 Å². The number of carbonyl (C=O) groups excluding carboxylic acids is 2. The summed E-state index contributed by atoms with van der Waals surface area (Å²) in [6, 6.07) is 9.09. The zero-order valence-electron chi connectivity index (χ0n) is 15.9. The number of nitrogens with one attached hydrogen (secondary N) is 1. The lowest BCUT2D eigenvalue weighted by atomic mass is 9.49. The molecule has 0 radical (unpaired) electrons. The summed E-state index contributed by atoms with van der Waals surface area (Å²) in [7, 11) is 1.71. The quantitative estimate of drug-likeness (QED) is 0.870. The summed E-state index contributed by atoms with van der Waals surface area (Å²) in [6.07, 6.45) is 7.34. The van der Waals surface area contributed by atoms with Gasteiger partial charge in [0, 0.05) is 31.1 Å². The van der Waals surface area contributed by atoms with Crippen LogP contribution in [0, 0.1) is 34.5 Å². The second-order valence-electron chi connectivity index (χ2n) is 8.82. The predicted molar refractivity (Wildman–Crippen MR) is 103 cm³/mol. The maximum atomic E-state index is 12.9. The van der Waals surface area contributed by atoms with Gasteiger partial charge in [0.15, 0.2) is 0 Å². The molecule has 5 rings (SSSR count). The van der Waals surface area contributed by atoms with E-state index in [2.05, 4.69) is 11.4 Å². The van der Waals surface area contributed by atoms with Gasteiger partial charge in [-0.05, 0) is 74.5 Å². The van der Waals surface area contributed by atoms with Crippen molar-refractivity contribution in [2.75, 3.05) is 18.5 Å². The van der Waals surface area contributed by atoms with Crippen LogP contribution in [-0.2, 0) is 9.59 Å². The van der Waals surface area contributed by atoms with Crippen molar-refractivity contribution in [1.29, 1.82) is 5.26 Å². The topological polar surface area (TPSA) is 73.2 Å². The molecule has 27 heavy (non-hydrogen) atoms. The average Bonchev–Trinajstić information content (AvgIpc) is 2.66. The molecular formula is C22H27N3O2. The van der Waals surface area contributed by atoms with Crippen molar-refractivity contribution in [3.8, 4) is 6.07 Å². The van der Waals surface area contributed by atoms with Gasteiger partial charge in [0.2, 0.25) is 11.8 Å². The molecule has 5 nitrogen and oxygen atoms in total. The van der Waals surface area contributed by atoms with Gasteiger partial charge >= 0.3 is 0 Å². The number of carbonyl (C=O) groups is 2. The van der Waals surface area contributed by atoms with Gasteiger partial charge in [0.1, 0.15) is 0 Å². The highest BCUT2D eigenvalue weighted by Gasteiger charge is 2.54. The standard InChI is InChI=1S/C22H27N3O2/c1-25(19-4-2-3-15(10-19)14-23)20(26)5-6-24-21(27)22-11-16-7-17(12-22)9-18(8-16)13-22/h2-4,10,16-18H,5-9,11-13H2,1H3,(H,24,27). The Labute approximate surface area is 160 Å². The molecule has 1 N–H and O–H groups in total. The molecule has 4 aliphatic rings. The minimum absolute atomic E-state index is 0.0594. The van der Waals surface area contributed by atoms with Crippen molar-refractivity contribution in [3.63, 3.8) is 0 Å². The lowest BCUT2D eigenvalue weighted by molar-refractivity contribution is -0.146. The Morgan fingerprint density at radius 1 is 1.19 bits per heavy atom. The zero-order valence-corrected chi connectivity index (χ0v) is 15.9. The Morgan fingerprint density at radius 3 is 2.41 bits per heavy atom. The summed E-state index contributed by atoms with van der Waals surface area (Å²) in [5.41, 5.74) is 1.07. The number of nitriles is 1. The van der Waals surface area contributed by atoms with Crippen LogP contribution in [0.4, 0.5) is 5.69 Å². The van der Waals surface area contributed by atoms with Crippen molar-refractivity contribution < 1.29 is 9.59 Å². The first kappa shape index (κ1) is 18.0. The van der Waals surface area contributed by atoms with Crippen LogP contribution < -0.4 is 10.2 Å². The number of anilines is 1. The molecule has 2 amide bonds. The number of nitrogens with zero attached hydrogens (tertiary/aromatic N) is 2. The van der Waals surface area contributed by atoms with E-state index in [9.17, 15) is 9.59 Å². The molecule has 5 heteroatoms. The lowest BCUT2D eigenvalue weighted by Gasteiger charge is -2.55. The smallest absolute Gasteiger partial charge is 0.228 e. The van der Waals surface area contributed by atoms with Gasteiger partial charge in [0.25, 0.3) is 0 Å². The fourth-order valence-corrected chi connectivity index (χ4v) is 5.95. The van der Waals surface area contributed by atoms with E-state index in [4.69, 9.17) is 5.26 Å². The molecule has 0 aliphatic heterocycles. The van der Waals surface area contributed by atoms with E-state index in [1.165, 1.54) is 19.3 Å². The van der Waals surface area contributed by atoms with Crippen LogP contribution in [-0.4, -0.2) is 25.4 Å². The molecule has 0 saturated heterocycles. The minimum Gasteiger partial charge on any atom is -0.355 e. The van der Waals surface area contributed by atoms with Gasteiger partial charge in [-0.3, -0.25) is 9.59 Å². The van der Waals surface area contributed by atoms with Crippen LogP contribution in [0.25, 0.3) is 0 Å². The van der Waals surface area contributed by atoms with Crippen LogP contribution in [0.15, 0.2) is 24.3 Å². The van der Waals surface area contributed by atoms with Crippen LogP contribution in [0.2, 0.25) is 0 Å². The Hall–Kier alpha value is -2.35. The first-order valence-corrected chi connectivity index (χ1v) is 10.0. The van der Waals surface area contributed by atoms with E-state index in [1.54, 1.807) is 30.1 Å². The first-order chi connectivity index (χ1) is 13.0. The van der Waals surface area contributed by atoms with Crippen molar-refractivity contribution >= 4 is 17.5 Å². The van der Waals surface area contributed by atoms with E-state index >= 15 is 0 Å². The second-order valence-corrected chi connectivity index (χ2v) is 8.82. The molecule has 0 aromatic heterocycles. The van der Waals surface area contributed by atoms with Gasteiger partial charge in [0.05, 0.1) is 11.6 Å². The van der Waals surface area contributed by atoms with Crippen LogP contribution in [0.5, 0.6) is 0 Å². The van der Waals surface area contributed by atoms with E-state index in [1.807, 2.05) is 6.07 Å². The molecule has 0 atom stereocenters. The van der Waals surface area contributed by atoms with Gasteiger partial charge in [-0.15, -0.1) is 0 Å². The van der Waals surface area contributed by atoms with Crippen molar-refractivity contribution in [2.45, 2.75) is 44.9 Å². The number of benzene rings is 1. The molecule has 1 aromatic rings. The molecule has 0 spiro atoms. The zero-order chi connectivity index (χ0) is 19.0. The molecular weight excluding hydrogens is 338 g/mol. The summed E-state index contributed by atoms with van der Waals surface area (Å²) in [5.74, 6) is 2.32. The van der Waals surface area contributed by atoms with Gasteiger partial charge in [-0.25, -0.2) is 0 Å². The van der Waals surface area contributed by atoms with Crippen LogP contribution >= 0.6 is 0 Å². The molecule has 4 bridgehead atoms. The number of hydrogen-bond donors (Lipinski definition) is 1. The van der Waals surface area contributed by atoms with Gasteiger partial charge in [-0.1, -0.05) is 6.07 Å².